The lowest BCUT2D eigenvalue weighted by Crippen LogP contribution is -2.24. The first-order chi connectivity index (χ1) is 4.85. The van der Waals surface area contributed by atoms with Gasteiger partial charge < -0.3 is 0 Å². The van der Waals surface area contributed by atoms with Gasteiger partial charge in [0.25, 0.3) is 0 Å². The van der Waals surface area contributed by atoms with Crippen LogP contribution in [0.5, 0.6) is 0 Å². The summed E-state index contributed by atoms with van der Waals surface area (Å²) in [6.45, 7) is 3.53. The van der Waals surface area contributed by atoms with E-state index >= 15 is 0 Å². The Labute approximate surface area is 75.4 Å². The number of hydrogen-bond acceptors (Lipinski definition) is 3. The topological polar surface area (TPSA) is 34.1 Å². The molecule has 5 heteroatoms. The fourth-order valence-electron chi connectivity index (χ4n) is 0.902. The first-order valence-corrected chi connectivity index (χ1v) is 6.28. The highest BCUT2D eigenvalue weighted by atomic mass is 35.7. The maximum atomic E-state index is 11.0. The lowest BCUT2D eigenvalue weighted by Gasteiger charge is -2.18. The summed E-state index contributed by atoms with van der Waals surface area (Å²) in [4.78, 5) is 1.02. The molecule has 1 heterocycles. The average molecular weight is 213 g/mol. The van der Waals surface area contributed by atoms with Gasteiger partial charge in [-0.3, -0.25) is 0 Å². The molecule has 0 saturated heterocycles. The molecule has 0 aromatic rings. The van der Waals surface area contributed by atoms with Crippen molar-refractivity contribution in [3.05, 3.63) is 11.0 Å². The fraction of sp³-hybridized carbons (Fsp3) is 0.667. The van der Waals surface area contributed by atoms with Crippen molar-refractivity contribution in [2.24, 2.45) is 0 Å². The summed E-state index contributed by atoms with van der Waals surface area (Å²) in [6, 6.07) is 0. The summed E-state index contributed by atoms with van der Waals surface area (Å²) in [6.07, 6.45) is 2.40. The van der Waals surface area contributed by atoms with Crippen LogP contribution >= 0.6 is 22.4 Å². The predicted molar refractivity (Wildman–Crippen MR) is 49.1 cm³/mol. The standard InChI is InChI=1S/C6H9ClO2S2/c1-5-3-4-6(2,10-5)11(7,8)9/h3H,4H2,1-2H3. The second-order valence-corrected chi connectivity index (χ2v) is 7.70. The van der Waals surface area contributed by atoms with Crippen LogP contribution in [0.2, 0.25) is 0 Å². The molecule has 0 bridgehead atoms. The Morgan fingerprint density at radius 1 is 1.73 bits per heavy atom. The highest BCUT2D eigenvalue weighted by Crippen LogP contribution is 2.46. The zero-order valence-electron chi connectivity index (χ0n) is 6.30. The van der Waals surface area contributed by atoms with E-state index in [2.05, 4.69) is 0 Å². The summed E-state index contributed by atoms with van der Waals surface area (Å²) < 4.78 is 21.2. The van der Waals surface area contributed by atoms with Crippen LogP contribution in [0.4, 0.5) is 0 Å². The van der Waals surface area contributed by atoms with Crippen molar-refractivity contribution < 1.29 is 8.42 Å². The maximum Gasteiger partial charge on any atom is 0.248 e. The Morgan fingerprint density at radius 3 is 2.45 bits per heavy atom. The van der Waals surface area contributed by atoms with Gasteiger partial charge in [0.15, 0.2) is 0 Å². The lowest BCUT2D eigenvalue weighted by atomic mass is 10.3. The molecule has 64 valence electrons. The van der Waals surface area contributed by atoms with Gasteiger partial charge in [0.2, 0.25) is 9.05 Å². The number of rotatable bonds is 1. The van der Waals surface area contributed by atoms with Gasteiger partial charge >= 0.3 is 0 Å². The molecule has 0 radical (unpaired) electrons. The molecule has 0 spiro atoms. The van der Waals surface area contributed by atoms with Gasteiger partial charge in [0, 0.05) is 10.7 Å². The second-order valence-electron chi connectivity index (χ2n) is 2.69. The Kier molecular flexibility index (Phi) is 2.29. The van der Waals surface area contributed by atoms with Crippen molar-refractivity contribution in [3.63, 3.8) is 0 Å². The monoisotopic (exact) mass is 212 g/mol. The minimum absolute atomic E-state index is 0.509. The number of hydrogen-bond donors (Lipinski definition) is 0. The van der Waals surface area contributed by atoms with E-state index < -0.39 is 13.1 Å². The van der Waals surface area contributed by atoms with Crippen LogP contribution in [0.3, 0.4) is 0 Å². The Hall–Kier alpha value is 0.330. The predicted octanol–water partition coefficient (Wildman–Crippen LogP) is 2.31. The van der Waals surface area contributed by atoms with E-state index in [1.807, 2.05) is 13.0 Å². The molecular formula is C6H9ClO2S2. The smallest absolute Gasteiger partial charge is 0.211 e. The summed E-state index contributed by atoms with van der Waals surface area (Å²) in [5.41, 5.74) is 0. The molecule has 0 saturated carbocycles. The number of halogens is 1. The van der Waals surface area contributed by atoms with Crippen LogP contribution in [0.15, 0.2) is 11.0 Å². The molecule has 1 aliphatic heterocycles. The van der Waals surface area contributed by atoms with Crippen LogP contribution in [-0.4, -0.2) is 12.5 Å². The zero-order valence-corrected chi connectivity index (χ0v) is 8.68. The molecule has 1 rings (SSSR count). The highest BCUT2D eigenvalue weighted by Gasteiger charge is 2.41. The molecule has 0 aliphatic carbocycles. The first kappa shape index (κ1) is 9.42. The van der Waals surface area contributed by atoms with E-state index in [0.29, 0.717) is 6.42 Å². The fourth-order valence-corrected chi connectivity index (χ4v) is 3.46. The van der Waals surface area contributed by atoms with Crippen molar-refractivity contribution in [2.75, 3.05) is 0 Å². The van der Waals surface area contributed by atoms with Crippen molar-refractivity contribution in [3.8, 4) is 0 Å². The van der Waals surface area contributed by atoms with Crippen molar-refractivity contribution >= 4 is 31.5 Å². The Balaban J connectivity index is 2.92. The molecule has 1 atom stereocenters. The van der Waals surface area contributed by atoms with Gasteiger partial charge in [-0.15, -0.1) is 11.8 Å². The summed E-state index contributed by atoms with van der Waals surface area (Å²) in [5, 5.41) is 0. The van der Waals surface area contributed by atoms with Gasteiger partial charge in [-0.25, -0.2) is 8.42 Å². The van der Waals surface area contributed by atoms with E-state index in [9.17, 15) is 8.42 Å². The lowest BCUT2D eigenvalue weighted by molar-refractivity contribution is 0.593. The van der Waals surface area contributed by atoms with Gasteiger partial charge in [-0.2, -0.15) is 0 Å². The van der Waals surface area contributed by atoms with Crippen molar-refractivity contribution in [1.82, 2.24) is 0 Å². The first-order valence-electron chi connectivity index (χ1n) is 3.15. The SMILES string of the molecule is CC1=CCC(C)(S(=O)(=O)Cl)S1. The van der Waals surface area contributed by atoms with Crippen LogP contribution in [0.25, 0.3) is 0 Å². The third-order valence-corrected chi connectivity index (χ3v) is 6.14. The molecule has 0 N–H and O–H groups in total. The molecule has 1 unspecified atom stereocenters. The molecule has 0 fully saturated rings. The average Bonchev–Trinajstić information content (AvgIpc) is 2.10. The molecule has 1 aliphatic rings. The van der Waals surface area contributed by atoms with Gasteiger partial charge in [0.05, 0.1) is 0 Å². The maximum absolute atomic E-state index is 11.0. The van der Waals surface area contributed by atoms with Crippen molar-refractivity contribution in [2.45, 2.75) is 24.3 Å². The molecule has 0 aromatic carbocycles. The van der Waals surface area contributed by atoms with E-state index in [1.54, 1.807) is 6.92 Å². The molecular weight excluding hydrogens is 204 g/mol. The van der Waals surface area contributed by atoms with E-state index in [1.165, 1.54) is 11.8 Å². The van der Waals surface area contributed by atoms with Gasteiger partial charge in [-0.1, -0.05) is 6.08 Å². The summed E-state index contributed by atoms with van der Waals surface area (Å²) in [7, 11) is 1.81. The molecule has 0 amide bonds. The minimum Gasteiger partial charge on any atom is -0.211 e. The summed E-state index contributed by atoms with van der Waals surface area (Å²) >= 11 is 1.32. The normalized spacial score (nSPS) is 32.1. The van der Waals surface area contributed by atoms with Crippen LogP contribution < -0.4 is 0 Å². The third-order valence-electron chi connectivity index (χ3n) is 1.65. The molecule has 2 nitrogen and oxygen atoms in total. The van der Waals surface area contributed by atoms with Crippen LogP contribution in [0.1, 0.15) is 20.3 Å². The number of allylic oxidation sites excluding steroid dienone is 2. The van der Waals surface area contributed by atoms with E-state index in [4.69, 9.17) is 10.7 Å². The quantitative estimate of drug-likeness (QED) is 0.626. The van der Waals surface area contributed by atoms with E-state index in [-0.39, 0.29) is 0 Å². The highest BCUT2D eigenvalue weighted by molar-refractivity contribution is 8.26. The van der Waals surface area contributed by atoms with Gasteiger partial charge in [0.1, 0.15) is 4.08 Å². The van der Waals surface area contributed by atoms with Crippen LogP contribution in [0, 0.1) is 0 Å². The Morgan fingerprint density at radius 2 is 2.27 bits per heavy atom. The third kappa shape index (κ3) is 1.73. The van der Waals surface area contributed by atoms with E-state index in [0.717, 1.165) is 4.91 Å². The van der Waals surface area contributed by atoms with Crippen LogP contribution in [-0.2, 0) is 9.05 Å². The Bertz CT molecular complexity index is 294. The molecule has 11 heavy (non-hydrogen) atoms. The zero-order chi connectivity index (χ0) is 8.70. The van der Waals surface area contributed by atoms with Crippen molar-refractivity contribution in [1.29, 1.82) is 0 Å². The van der Waals surface area contributed by atoms with Gasteiger partial charge in [-0.05, 0) is 25.2 Å². The summed E-state index contributed by atoms with van der Waals surface area (Å²) in [5.74, 6) is 0. The minimum atomic E-state index is -3.45. The number of thioether (sulfide) groups is 1. The molecule has 0 aromatic heterocycles. The largest absolute Gasteiger partial charge is 0.248 e. The second kappa shape index (κ2) is 2.68.